The first-order valence-corrected chi connectivity index (χ1v) is 8.21. The Morgan fingerprint density at radius 3 is 2.70 bits per heavy atom. The van der Waals surface area contributed by atoms with Crippen LogP contribution in [0.3, 0.4) is 0 Å². The maximum absolute atomic E-state index is 12.5. The average molecular weight is 322 g/mol. The number of aryl methyl sites for hydroxylation is 2. The van der Waals surface area contributed by atoms with Crippen molar-refractivity contribution in [2.24, 2.45) is 5.92 Å². The summed E-state index contributed by atoms with van der Waals surface area (Å²) in [6.07, 6.45) is 3.46. The molecule has 1 saturated carbocycles. The Hall–Kier alpha value is -1.85. The molecular formula is C17H26N2O4. The molecule has 3 unspecified atom stereocenters. The SMILES string of the molecule is Cc1noc(C)c1C(C)CC(=O)NC1(C)CCCCC1C(=O)O. The Labute approximate surface area is 136 Å². The Bertz CT molecular complexity index is 576. The number of nitrogens with zero attached hydrogens (tertiary/aromatic N) is 1. The lowest BCUT2D eigenvalue weighted by atomic mass is 9.73. The summed E-state index contributed by atoms with van der Waals surface area (Å²) >= 11 is 0. The highest BCUT2D eigenvalue weighted by Gasteiger charge is 2.42. The lowest BCUT2D eigenvalue weighted by Gasteiger charge is -2.40. The number of aromatic nitrogens is 1. The molecule has 1 aliphatic carbocycles. The first kappa shape index (κ1) is 17.5. The molecule has 128 valence electrons. The van der Waals surface area contributed by atoms with Crippen molar-refractivity contribution >= 4 is 11.9 Å². The maximum Gasteiger partial charge on any atom is 0.308 e. The summed E-state index contributed by atoms with van der Waals surface area (Å²) in [5.41, 5.74) is 1.10. The topological polar surface area (TPSA) is 92.4 Å². The van der Waals surface area contributed by atoms with Gasteiger partial charge in [-0.25, -0.2) is 0 Å². The number of nitrogens with one attached hydrogen (secondary N) is 1. The van der Waals surface area contributed by atoms with Gasteiger partial charge in [-0.05, 0) is 39.5 Å². The molecule has 0 spiro atoms. The zero-order chi connectivity index (χ0) is 17.2. The number of hydrogen-bond acceptors (Lipinski definition) is 4. The molecule has 1 aromatic rings. The standard InChI is InChI=1S/C17H26N2O4/c1-10(15-11(2)19-23-12(15)3)9-14(20)18-17(4)8-6-5-7-13(17)16(21)22/h10,13H,5-9H2,1-4H3,(H,18,20)(H,21,22). The Morgan fingerprint density at radius 2 is 2.13 bits per heavy atom. The number of carboxylic acid groups (broad SMARTS) is 1. The first-order valence-electron chi connectivity index (χ1n) is 8.21. The normalized spacial score (nSPS) is 25.8. The van der Waals surface area contributed by atoms with Gasteiger partial charge < -0.3 is 14.9 Å². The highest BCUT2D eigenvalue weighted by atomic mass is 16.5. The van der Waals surface area contributed by atoms with Crippen molar-refractivity contribution in [1.29, 1.82) is 0 Å². The summed E-state index contributed by atoms with van der Waals surface area (Å²) in [7, 11) is 0. The van der Waals surface area contributed by atoms with Crippen molar-refractivity contribution in [1.82, 2.24) is 10.5 Å². The van der Waals surface area contributed by atoms with Gasteiger partial charge in [0.1, 0.15) is 5.76 Å². The van der Waals surface area contributed by atoms with E-state index >= 15 is 0 Å². The summed E-state index contributed by atoms with van der Waals surface area (Å²) in [6, 6.07) is 0. The van der Waals surface area contributed by atoms with E-state index in [1.807, 2.05) is 27.7 Å². The van der Waals surface area contributed by atoms with Crippen LogP contribution in [0.25, 0.3) is 0 Å². The van der Waals surface area contributed by atoms with E-state index in [0.29, 0.717) is 19.3 Å². The van der Waals surface area contributed by atoms with E-state index in [2.05, 4.69) is 10.5 Å². The second-order valence-electron chi connectivity index (χ2n) is 6.95. The Morgan fingerprint density at radius 1 is 1.43 bits per heavy atom. The average Bonchev–Trinajstić information content (AvgIpc) is 2.77. The van der Waals surface area contributed by atoms with Gasteiger partial charge in [-0.15, -0.1) is 0 Å². The molecule has 6 nitrogen and oxygen atoms in total. The van der Waals surface area contributed by atoms with Crippen molar-refractivity contribution in [3.05, 3.63) is 17.0 Å². The minimum atomic E-state index is -0.828. The van der Waals surface area contributed by atoms with E-state index in [9.17, 15) is 14.7 Å². The number of aliphatic carboxylic acids is 1. The largest absolute Gasteiger partial charge is 0.481 e. The van der Waals surface area contributed by atoms with E-state index in [0.717, 1.165) is 29.9 Å². The van der Waals surface area contributed by atoms with Gasteiger partial charge in [0.05, 0.1) is 17.2 Å². The number of rotatable bonds is 5. The molecule has 1 amide bonds. The first-order chi connectivity index (χ1) is 10.7. The van der Waals surface area contributed by atoms with E-state index in [-0.39, 0.29) is 11.8 Å². The molecule has 23 heavy (non-hydrogen) atoms. The van der Waals surface area contributed by atoms with Crippen LogP contribution in [-0.2, 0) is 9.59 Å². The second kappa shape index (κ2) is 6.72. The lowest BCUT2D eigenvalue weighted by Crippen LogP contribution is -2.55. The van der Waals surface area contributed by atoms with E-state index in [1.165, 1.54) is 0 Å². The van der Waals surface area contributed by atoms with Crippen molar-refractivity contribution in [2.75, 3.05) is 0 Å². The van der Waals surface area contributed by atoms with Crippen molar-refractivity contribution in [2.45, 2.75) is 71.3 Å². The smallest absolute Gasteiger partial charge is 0.308 e. The summed E-state index contributed by atoms with van der Waals surface area (Å²) in [5, 5.41) is 16.3. The second-order valence-corrected chi connectivity index (χ2v) is 6.95. The molecule has 0 aromatic carbocycles. The van der Waals surface area contributed by atoms with Crippen LogP contribution in [0.15, 0.2) is 4.52 Å². The van der Waals surface area contributed by atoms with Crippen LogP contribution >= 0.6 is 0 Å². The number of carbonyl (C=O) groups is 2. The molecule has 0 aliphatic heterocycles. The predicted octanol–water partition coefficient (Wildman–Crippen LogP) is 2.93. The molecule has 2 N–H and O–H groups in total. The molecule has 0 bridgehead atoms. The number of carbonyl (C=O) groups excluding carboxylic acids is 1. The van der Waals surface area contributed by atoms with Crippen LogP contribution in [-0.4, -0.2) is 27.7 Å². The van der Waals surface area contributed by atoms with Crippen LogP contribution in [0, 0.1) is 19.8 Å². The quantitative estimate of drug-likeness (QED) is 0.869. The molecule has 0 saturated heterocycles. The maximum atomic E-state index is 12.5. The van der Waals surface area contributed by atoms with Crippen LogP contribution in [0.5, 0.6) is 0 Å². The lowest BCUT2D eigenvalue weighted by molar-refractivity contribution is -0.146. The van der Waals surface area contributed by atoms with Gasteiger partial charge in [0.15, 0.2) is 0 Å². The van der Waals surface area contributed by atoms with Gasteiger partial charge in [0.25, 0.3) is 0 Å². The monoisotopic (exact) mass is 322 g/mol. The molecular weight excluding hydrogens is 296 g/mol. The van der Waals surface area contributed by atoms with Crippen LogP contribution in [0.4, 0.5) is 0 Å². The third-order valence-electron chi connectivity index (χ3n) is 5.00. The third kappa shape index (κ3) is 3.74. The predicted molar refractivity (Wildman–Crippen MR) is 85.2 cm³/mol. The fourth-order valence-electron chi connectivity index (χ4n) is 3.82. The van der Waals surface area contributed by atoms with Crippen LogP contribution in [0.2, 0.25) is 0 Å². The summed E-state index contributed by atoms with van der Waals surface area (Å²) in [5.74, 6) is -0.749. The molecule has 0 radical (unpaired) electrons. The Balaban J connectivity index is 2.05. The van der Waals surface area contributed by atoms with E-state index in [4.69, 9.17) is 4.52 Å². The van der Waals surface area contributed by atoms with E-state index < -0.39 is 17.4 Å². The minimum Gasteiger partial charge on any atom is -0.481 e. The highest BCUT2D eigenvalue weighted by molar-refractivity contribution is 5.80. The molecule has 1 aliphatic rings. The summed E-state index contributed by atoms with van der Waals surface area (Å²) in [4.78, 5) is 23.9. The summed E-state index contributed by atoms with van der Waals surface area (Å²) in [6.45, 7) is 7.52. The van der Waals surface area contributed by atoms with Gasteiger partial charge in [0.2, 0.25) is 5.91 Å². The Kier molecular flexibility index (Phi) is 5.12. The summed E-state index contributed by atoms with van der Waals surface area (Å²) < 4.78 is 5.16. The van der Waals surface area contributed by atoms with Crippen molar-refractivity contribution in [3.63, 3.8) is 0 Å². The number of amides is 1. The fourth-order valence-corrected chi connectivity index (χ4v) is 3.82. The number of carboxylic acids is 1. The fraction of sp³-hybridized carbons (Fsp3) is 0.706. The highest BCUT2D eigenvalue weighted by Crippen LogP contribution is 2.34. The van der Waals surface area contributed by atoms with Gasteiger partial charge in [-0.1, -0.05) is 24.9 Å². The third-order valence-corrected chi connectivity index (χ3v) is 5.00. The molecule has 1 heterocycles. The zero-order valence-corrected chi connectivity index (χ0v) is 14.3. The van der Waals surface area contributed by atoms with Gasteiger partial charge >= 0.3 is 5.97 Å². The van der Waals surface area contributed by atoms with Gasteiger partial charge in [-0.2, -0.15) is 0 Å². The van der Waals surface area contributed by atoms with Crippen molar-refractivity contribution < 1.29 is 19.2 Å². The van der Waals surface area contributed by atoms with Crippen LogP contribution in [0.1, 0.15) is 68.9 Å². The zero-order valence-electron chi connectivity index (χ0n) is 14.3. The van der Waals surface area contributed by atoms with E-state index in [1.54, 1.807) is 0 Å². The number of hydrogen-bond donors (Lipinski definition) is 2. The molecule has 1 aromatic heterocycles. The minimum absolute atomic E-state index is 0.0169. The van der Waals surface area contributed by atoms with Gasteiger partial charge in [0, 0.05) is 12.0 Å². The molecule has 2 rings (SSSR count). The van der Waals surface area contributed by atoms with Crippen LogP contribution < -0.4 is 5.32 Å². The molecule has 3 atom stereocenters. The van der Waals surface area contributed by atoms with Gasteiger partial charge in [-0.3, -0.25) is 9.59 Å². The molecule has 6 heteroatoms. The molecule has 1 fully saturated rings. The van der Waals surface area contributed by atoms with Crippen molar-refractivity contribution in [3.8, 4) is 0 Å².